The first-order valence-electron chi connectivity index (χ1n) is 6.57. The van der Waals surface area contributed by atoms with Crippen molar-refractivity contribution in [3.8, 4) is 0 Å². The predicted molar refractivity (Wildman–Crippen MR) is 85.0 cm³/mol. The van der Waals surface area contributed by atoms with Crippen molar-refractivity contribution < 1.29 is 0 Å². The third-order valence-corrected chi connectivity index (χ3v) is 3.63. The van der Waals surface area contributed by atoms with Crippen LogP contribution in [0.3, 0.4) is 0 Å². The number of aromatic nitrogens is 1. The van der Waals surface area contributed by atoms with E-state index in [1.807, 2.05) is 30.4 Å². The fourth-order valence-corrected chi connectivity index (χ4v) is 2.69. The second kappa shape index (κ2) is 5.51. The van der Waals surface area contributed by atoms with Crippen LogP contribution in [-0.4, -0.2) is 11.5 Å². The molecule has 100 valence electrons. The molecule has 2 heterocycles. The van der Waals surface area contributed by atoms with E-state index in [1.54, 1.807) is 0 Å². The molecule has 20 heavy (non-hydrogen) atoms. The molecule has 1 aliphatic heterocycles. The molecule has 1 aliphatic rings. The maximum atomic E-state index is 5.97. The summed E-state index contributed by atoms with van der Waals surface area (Å²) in [5, 5.41) is 0.519. The smallest absolute Gasteiger partial charge is 0.129 e. The van der Waals surface area contributed by atoms with Crippen LogP contribution in [0.2, 0.25) is 5.15 Å². The molecule has 2 aromatic rings. The fourth-order valence-electron chi connectivity index (χ4n) is 2.54. The van der Waals surface area contributed by atoms with Gasteiger partial charge in [0.15, 0.2) is 0 Å². The standard InChI is InChI=1S/C17H15ClN2/c1-2-12-20-15(13-6-4-3-5-7-13)9-8-14-16(20)10-11-17(18)19-14/h2-11,15H,1,12H2. The summed E-state index contributed by atoms with van der Waals surface area (Å²) >= 11 is 5.97. The molecule has 3 rings (SSSR count). The topological polar surface area (TPSA) is 16.1 Å². The summed E-state index contributed by atoms with van der Waals surface area (Å²) in [7, 11) is 0. The number of pyridine rings is 1. The minimum absolute atomic E-state index is 0.199. The Kier molecular flexibility index (Phi) is 3.57. The van der Waals surface area contributed by atoms with E-state index in [1.165, 1.54) is 5.56 Å². The lowest BCUT2D eigenvalue weighted by atomic mass is 9.99. The number of anilines is 1. The van der Waals surface area contributed by atoms with Crippen molar-refractivity contribution in [2.75, 3.05) is 11.4 Å². The Morgan fingerprint density at radius 2 is 2.00 bits per heavy atom. The molecule has 0 bridgehead atoms. The van der Waals surface area contributed by atoms with Crippen LogP contribution in [0.5, 0.6) is 0 Å². The van der Waals surface area contributed by atoms with Crippen LogP contribution in [0.15, 0.2) is 61.2 Å². The maximum absolute atomic E-state index is 5.97. The quantitative estimate of drug-likeness (QED) is 0.609. The highest BCUT2D eigenvalue weighted by atomic mass is 35.5. The van der Waals surface area contributed by atoms with Gasteiger partial charge in [0, 0.05) is 6.54 Å². The number of hydrogen-bond donors (Lipinski definition) is 0. The summed E-state index contributed by atoms with van der Waals surface area (Å²) in [6.07, 6.45) is 6.11. The van der Waals surface area contributed by atoms with E-state index in [2.05, 4.69) is 46.8 Å². The molecule has 2 nitrogen and oxygen atoms in total. The molecular formula is C17H15ClN2. The average molecular weight is 283 g/mol. The Hall–Kier alpha value is -2.06. The van der Waals surface area contributed by atoms with Gasteiger partial charge >= 0.3 is 0 Å². The lowest BCUT2D eigenvalue weighted by Gasteiger charge is -2.34. The summed E-state index contributed by atoms with van der Waals surface area (Å²) in [6.45, 7) is 4.63. The van der Waals surface area contributed by atoms with Gasteiger partial charge in [0.05, 0.1) is 17.4 Å². The van der Waals surface area contributed by atoms with Crippen LogP contribution in [0.4, 0.5) is 5.69 Å². The number of rotatable bonds is 3. The van der Waals surface area contributed by atoms with Gasteiger partial charge in [-0.2, -0.15) is 0 Å². The largest absolute Gasteiger partial charge is 0.356 e. The van der Waals surface area contributed by atoms with E-state index in [-0.39, 0.29) is 6.04 Å². The maximum Gasteiger partial charge on any atom is 0.129 e. The molecule has 1 aromatic heterocycles. The van der Waals surface area contributed by atoms with Crippen molar-refractivity contribution in [1.29, 1.82) is 0 Å². The van der Waals surface area contributed by atoms with Crippen LogP contribution in [0.25, 0.3) is 6.08 Å². The lowest BCUT2D eigenvalue weighted by Crippen LogP contribution is -2.30. The molecule has 0 N–H and O–H groups in total. The number of halogens is 1. The van der Waals surface area contributed by atoms with Crippen LogP contribution in [0.1, 0.15) is 17.3 Å². The van der Waals surface area contributed by atoms with Crippen LogP contribution in [-0.2, 0) is 0 Å². The summed E-state index contributed by atoms with van der Waals surface area (Å²) in [4.78, 5) is 6.66. The molecule has 1 unspecified atom stereocenters. The Morgan fingerprint density at radius 1 is 1.20 bits per heavy atom. The van der Waals surface area contributed by atoms with Crippen molar-refractivity contribution >= 4 is 23.4 Å². The van der Waals surface area contributed by atoms with E-state index in [4.69, 9.17) is 11.6 Å². The summed E-state index contributed by atoms with van der Waals surface area (Å²) in [5.74, 6) is 0. The molecule has 0 fully saturated rings. The second-order valence-electron chi connectivity index (χ2n) is 4.69. The number of fused-ring (bicyclic) bond motifs is 1. The van der Waals surface area contributed by atoms with E-state index in [0.29, 0.717) is 5.15 Å². The summed E-state index contributed by atoms with van der Waals surface area (Å²) < 4.78 is 0. The van der Waals surface area contributed by atoms with Gasteiger partial charge in [-0.25, -0.2) is 4.98 Å². The highest BCUT2D eigenvalue weighted by molar-refractivity contribution is 6.29. The average Bonchev–Trinajstić information content (AvgIpc) is 2.48. The normalized spacial score (nSPS) is 16.9. The molecular weight excluding hydrogens is 268 g/mol. The van der Waals surface area contributed by atoms with Gasteiger partial charge in [-0.1, -0.05) is 54.1 Å². The molecule has 1 aromatic carbocycles. The molecule has 0 amide bonds. The number of benzene rings is 1. The third kappa shape index (κ3) is 2.35. The van der Waals surface area contributed by atoms with Crippen molar-refractivity contribution in [2.24, 2.45) is 0 Å². The van der Waals surface area contributed by atoms with Crippen LogP contribution < -0.4 is 4.90 Å². The fraction of sp³-hybridized carbons (Fsp3) is 0.118. The van der Waals surface area contributed by atoms with Gasteiger partial charge in [-0.3, -0.25) is 0 Å². The Bertz CT molecular complexity index is 649. The van der Waals surface area contributed by atoms with Crippen LogP contribution >= 0.6 is 11.6 Å². The number of nitrogens with zero attached hydrogens (tertiary/aromatic N) is 2. The molecule has 0 saturated carbocycles. The van der Waals surface area contributed by atoms with Crippen molar-refractivity contribution in [3.63, 3.8) is 0 Å². The first-order chi connectivity index (χ1) is 9.79. The molecule has 0 saturated heterocycles. The van der Waals surface area contributed by atoms with Crippen LogP contribution in [0, 0.1) is 0 Å². The Morgan fingerprint density at radius 3 is 2.75 bits per heavy atom. The Labute approximate surface area is 124 Å². The van der Waals surface area contributed by atoms with Crippen molar-refractivity contribution in [2.45, 2.75) is 6.04 Å². The van der Waals surface area contributed by atoms with Gasteiger partial charge in [0.25, 0.3) is 0 Å². The molecule has 1 atom stereocenters. The molecule has 0 spiro atoms. The zero-order valence-electron chi connectivity index (χ0n) is 11.0. The van der Waals surface area contributed by atoms with Crippen molar-refractivity contribution in [3.05, 3.63) is 77.6 Å². The van der Waals surface area contributed by atoms with E-state index < -0.39 is 0 Å². The van der Waals surface area contributed by atoms with Crippen molar-refractivity contribution in [1.82, 2.24) is 4.98 Å². The van der Waals surface area contributed by atoms with Gasteiger partial charge in [0.2, 0.25) is 0 Å². The zero-order valence-corrected chi connectivity index (χ0v) is 11.8. The third-order valence-electron chi connectivity index (χ3n) is 3.42. The molecule has 0 radical (unpaired) electrons. The first-order valence-corrected chi connectivity index (χ1v) is 6.94. The lowest BCUT2D eigenvalue weighted by molar-refractivity contribution is 0.762. The van der Waals surface area contributed by atoms with Gasteiger partial charge in [-0.15, -0.1) is 6.58 Å². The minimum atomic E-state index is 0.199. The highest BCUT2D eigenvalue weighted by Crippen LogP contribution is 2.35. The molecule has 0 aliphatic carbocycles. The minimum Gasteiger partial charge on any atom is -0.356 e. The second-order valence-corrected chi connectivity index (χ2v) is 5.08. The monoisotopic (exact) mass is 282 g/mol. The first kappa shape index (κ1) is 12.9. The van der Waals surface area contributed by atoms with Gasteiger partial charge in [-0.05, 0) is 23.8 Å². The molecule has 3 heteroatoms. The van der Waals surface area contributed by atoms with E-state index >= 15 is 0 Å². The predicted octanol–water partition coefficient (Wildman–Crippen LogP) is 4.50. The van der Waals surface area contributed by atoms with Gasteiger partial charge in [0.1, 0.15) is 5.15 Å². The van der Waals surface area contributed by atoms with E-state index in [0.717, 1.165) is 17.9 Å². The highest BCUT2D eigenvalue weighted by Gasteiger charge is 2.23. The Balaban J connectivity index is 2.06. The van der Waals surface area contributed by atoms with Gasteiger partial charge < -0.3 is 4.90 Å². The number of hydrogen-bond acceptors (Lipinski definition) is 2. The van der Waals surface area contributed by atoms with E-state index in [9.17, 15) is 0 Å². The summed E-state index contributed by atoms with van der Waals surface area (Å²) in [6, 6.07) is 14.5. The SMILES string of the molecule is C=CCN1c2ccc(Cl)nc2C=CC1c1ccccc1. The zero-order chi connectivity index (χ0) is 13.9. The summed E-state index contributed by atoms with van der Waals surface area (Å²) in [5.41, 5.74) is 3.25.